The van der Waals surface area contributed by atoms with E-state index < -0.39 is 0 Å². The third kappa shape index (κ3) is 3.64. The Morgan fingerprint density at radius 2 is 2.14 bits per heavy atom. The summed E-state index contributed by atoms with van der Waals surface area (Å²) in [5.41, 5.74) is 0. The van der Waals surface area contributed by atoms with Crippen LogP contribution < -0.4 is 5.32 Å². The van der Waals surface area contributed by atoms with E-state index in [0.29, 0.717) is 6.54 Å². The van der Waals surface area contributed by atoms with Crippen LogP contribution in [0.5, 0.6) is 0 Å². The highest BCUT2D eigenvalue weighted by Crippen LogP contribution is 2.23. The normalized spacial score (nSPS) is 9.86. The zero-order chi connectivity index (χ0) is 10.4. The van der Waals surface area contributed by atoms with Crippen LogP contribution in [0.3, 0.4) is 0 Å². The van der Waals surface area contributed by atoms with Gasteiger partial charge >= 0.3 is 0 Å². The van der Waals surface area contributed by atoms with Crippen molar-refractivity contribution in [2.24, 2.45) is 0 Å². The van der Waals surface area contributed by atoms with Crippen molar-refractivity contribution in [2.45, 2.75) is 16.7 Å². The quantitative estimate of drug-likeness (QED) is 0.804. The van der Waals surface area contributed by atoms with Gasteiger partial charge in [0.25, 0.3) is 5.24 Å². The van der Waals surface area contributed by atoms with Crippen LogP contribution in [0.25, 0.3) is 0 Å². The van der Waals surface area contributed by atoms with Gasteiger partial charge in [-0.25, -0.2) is 0 Å². The molecule has 0 radical (unpaired) electrons. The summed E-state index contributed by atoms with van der Waals surface area (Å²) in [6.45, 7) is 2.59. The number of amides is 1. The van der Waals surface area contributed by atoms with E-state index >= 15 is 0 Å². The van der Waals surface area contributed by atoms with E-state index in [2.05, 4.69) is 5.32 Å². The molecule has 0 saturated heterocycles. The molecule has 1 amide bonds. The molecular formula is C10H13NOS2. The molecule has 76 valence electrons. The molecule has 1 N–H and O–H groups in total. The predicted molar refractivity (Wildman–Crippen MR) is 63.2 cm³/mol. The minimum Gasteiger partial charge on any atom is -0.347 e. The monoisotopic (exact) mass is 227 g/mol. The first-order valence-corrected chi connectivity index (χ1v) is 6.40. The fraction of sp³-hybridized carbons (Fsp3) is 0.300. The van der Waals surface area contributed by atoms with Gasteiger partial charge in [0.15, 0.2) is 0 Å². The molecule has 0 aliphatic heterocycles. The molecule has 0 bridgehead atoms. The molecule has 0 spiro atoms. The Hall–Kier alpha value is -0.610. The Kier molecular flexibility index (Phi) is 4.90. The maximum absolute atomic E-state index is 11.3. The van der Waals surface area contributed by atoms with Crippen molar-refractivity contribution in [2.75, 3.05) is 12.8 Å². The smallest absolute Gasteiger partial charge is 0.283 e. The summed E-state index contributed by atoms with van der Waals surface area (Å²) in [4.78, 5) is 13.4. The number of benzene rings is 1. The lowest BCUT2D eigenvalue weighted by molar-refractivity contribution is 0.261. The average molecular weight is 227 g/mol. The molecule has 0 aliphatic rings. The maximum Gasteiger partial charge on any atom is 0.283 e. The molecule has 0 saturated carbocycles. The third-order valence-corrected chi connectivity index (χ3v) is 3.12. The van der Waals surface area contributed by atoms with Crippen LogP contribution in [0.2, 0.25) is 0 Å². The van der Waals surface area contributed by atoms with Gasteiger partial charge in [0, 0.05) is 16.3 Å². The number of carbonyl (C=O) groups is 1. The van der Waals surface area contributed by atoms with Gasteiger partial charge in [0.2, 0.25) is 0 Å². The van der Waals surface area contributed by atoms with Gasteiger partial charge in [0.1, 0.15) is 0 Å². The summed E-state index contributed by atoms with van der Waals surface area (Å²) in [7, 11) is 0. The summed E-state index contributed by atoms with van der Waals surface area (Å²) in [5.74, 6) is 0. The van der Waals surface area contributed by atoms with Gasteiger partial charge in [-0.05, 0) is 43.1 Å². The van der Waals surface area contributed by atoms with Crippen molar-refractivity contribution >= 4 is 28.8 Å². The highest BCUT2D eigenvalue weighted by Gasteiger charge is 2.02. The molecule has 0 unspecified atom stereocenters. The molecule has 1 rings (SSSR count). The number of rotatable bonds is 3. The van der Waals surface area contributed by atoms with Crippen LogP contribution in [-0.2, 0) is 0 Å². The first-order valence-electron chi connectivity index (χ1n) is 4.36. The van der Waals surface area contributed by atoms with Crippen molar-refractivity contribution < 1.29 is 4.79 Å². The highest BCUT2D eigenvalue weighted by atomic mass is 32.2. The van der Waals surface area contributed by atoms with Crippen LogP contribution >= 0.6 is 23.5 Å². The first kappa shape index (κ1) is 11.5. The van der Waals surface area contributed by atoms with Crippen LogP contribution in [-0.4, -0.2) is 18.0 Å². The lowest BCUT2D eigenvalue weighted by atomic mass is 10.4. The third-order valence-electron chi connectivity index (χ3n) is 1.57. The zero-order valence-electron chi connectivity index (χ0n) is 8.24. The summed E-state index contributed by atoms with van der Waals surface area (Å²) in [5, 5.41) is 2.75. The summed E-state index contributed by atoms with van der Waals surface area (Å²) < 4.78 is 0. The van der Waals surface area contributed by atoms with Crippen molar-refractivity contribution in [3.63, 3.8) is 0 Å². The fourth-order valence-electron chi connectivity index (χ4n) is 0.952. The molecule has 0 aliphatic carbocycles. The average Bonchev–Trinajstić information content (AvgIpc) is 2.18. The molecule has 0 heterocycles. The summed E-state index contributed by atoms with van der Waals surface area (Å²) in [6, 6.07) is 7.96. The molecule has 4 heteroatoms. The van der Waals surface area contributed by atoms with Crippen LogP contribution in [0.1, 0.15) is 6.92 Å². The van der Waals surface area contributed by atoms with Gasteiger partial charge in [-0.2, -0.15) is 0 Å². The molecule has 0 atom stereocenters. The second-order valence-electron chi connectivity index (χ2n) is 2.60. The molecule has 1 aromatic rings. The number of nitrogens with one attached hydrogen (secondary N) is 1. The topological polar surface area (TPSA) is 29.1 Å². The highest BCUT2D eigenvalue weighted by molar-refractivity contribution is 8.13. The van der Waals surface area contributed by atoms with E-state index in [1.165, 1.54) is 16.7 Å². The number of thioether (sulfide) groups is 2. The molecule has 2 nitrogen and oxygen atoms in total. The van der Waals surface area contributed by atoms with Crippen LogP contribution in [0.15, 0.2) is 34.1 Å². The number of carbonyl (C=O) groups excluding carboxylic acids is 1. The minimum absolute atomic E-state index is 0.00533. The van der Waals surface area contributed by atoms with E-state index in [1.54, 1.807) is 11.8 Å². The lowest BCUT2D eigenvalue weighted by Gasteiger charge is -2.02. The molecule has 14 heavy (non-hydrogen) atoms. The van der Waals surface area contributed by atoms with Crippen molar-refractivity contribution in [3.05, 3.63) is 24.3 Å². The molecular weight excluding hydrogens is 214 g/mol. The zero-order valence-corrected chi connectivity index (χ0v) is 9.87. The van der Waals surface area contributed by atoms with Gasteiger partial charge in [0.05, 0.1) is 0 Å². The lowest BCUT2D eigenvalue weighted by Crippen LogP contribution is -2.17. The number of hydrogen-bond donors (Lipinski definition) is 1. The van der Waals surface area contributed by atoms with E-state index in [1.807, 2.05) is 37.4 Å². The van der Waals surface area contributed by atoms with Gasteiger partial charge in [-0.3, -0.25) is 4.79 Å². The van der Waals surface area contributed by atoms with E-state index in [0.717, 1.165) is 4.90 Å². The predicted octanol–water partition coefficient (Wildman–Crippen LogP) is 3.23. The fourth-order valence-corrected chi connectivity index (χ4v) is 2.25. The Labute approximate surface area is 92.8 Å². The van der Waals surface area contributed by atoms with Gasteiger partial charge in [-0.15, -0.1) is 11.8 Å². The molecule has 0 fully saturated rings. The Morgan fingerprint density at radius 1 is 1.43 bits per heavy atom. The largest absolute Gasteiger partial charge is 0.347 e. The Bertz CT molecular complexity index is 315. The summed E-state index contributed by atoms with van der Waals surface area (Å²) >= 11 is 2.91. The standard InChI is InChI=1S/C10H13NOS2/c1-3-11-10(12)14-9-6-4-5-8(7-9)13-2/h4-7H,3H2,1-2H3,(H,11,12). The van der Waals surface area contributed by atoms with Crippen molar-refractivity contribution in [3.8, 4) is 0 Å². The SMILES string of the molecule is CCNC(=O)Sc1cccc(SC)c1. The number of hydrogen-bond acceptors (Lipinski definition) is 3. The van der Waals surface area contributed by atoms with E-state index in [-0.39, 0.29) is 5.24 Å². The molecule has 0 aromatic heterocycles. The van der Waals surface area contributed by atoms with Gasteiger partial charge in [-0.1, -0.05) is 6.07 Å². The van der Waals surface area contributed by atoms with Crippen molar-refractivity contribution in [1.82, 2.24) is 5.32 Å². The Morgan fingerprint density at radius 3 is 2.79 bits per heavy atom. The molecule has 1 aromatic carbocycles. The van der Waals surface area contributed by atoms with Crippen LogP contribution in [0, 0.1) is 0 Å². The second kappa shape index (κ2) is 5.98. The van der Waals surface area contributed by atoms with Crippen LogP contribution in [0.4, 0.5) is 4.79 Å². The summed E-state index contributed by atoms with van der Waals surface area (Å²) in [6.07, 6.45) is 2.02. The van der Waals surface area contributed by atoms with Crippen molar-refractivity contribution in [1.29, 1.82) is 0 Å². The van der Waals surface area contributed by atoms with Gasteiger partial charge < -0.3 is 5.32 Å². The first-order chi connectivity index (χ1) is 6.76. The second-order valence-corrected chi connectivity index (χ2v) is 4.52. The van der Waals surface area contributed by atoms with E-state index in [4.69, 9.17) is 0 Å². The minimum atomic E-state index is 0.00533. The maximum atomic E-state index is 11.3. The Balaban J connectivity index is 2.62. The van der Waals surface area contributed by atoms with E-state index in [9.17, 15) is 4.79 Å².